The summed E-state index contributed by atoms with van der Waals surface area (Å²) in [4.78, 5) is 0. The average molecular weight is 387 g/mol. The van der Waals surface area contributed by atoms with E-state index in [0.717, 1.165) is 0 Å². The zero-order valence-corrected chi connectivity index (χ0v) is 14.2. The Morgan fingerprint density at radius 3 is 2.54 bits per heavy atom. The maximum absolute atomic E-state index is 13.6. The van der Waals surface area contributed by atoms with E-state index >= 15 is 0 Å². The van der Waals surface area contributed by atoms with Crippen molar-refractivity contribution in [2.45, 2.75) is 11.0 Å². The van der Waals surface area contributed by atoms with E-state index in [9.17, 15) is 12.8 Å². The number of rotatable bonds is 4. The van der Waals surface area contributed by atoms with E-state index in [4.69, 9.17) is 27.6 Å². The van der Waals surface area contributed by atoms with Crippen LogP contribution in [-0.2, 0) is 15.6 Å². The summed E-state index contributed by atoms with van der Waals surface area (Å²) in [5.74, 6) is -1.28. The van der Waals surface area contributed by atoms with Gasteiger partial charge in [-0.2, -0.15) is 0 Å². The van der Waals surface area contributed by atoms with E-state index in [1.807, 2.05) is 0 Å². The van der Waals surface area contributed by atoms with Crippen LogP contribution in [-0.4, -0.2) is 18.6 Å². The number of sulfone groups is 1. The minimum absolute atomic E-state index is 0.0155. The van der Waals surface area contributed by atoms with Gasteiger partial charge in [-0.3, -0.25) is 0 Å². The van der Waals surface area contributed by atoms with Gasteiger partial charge in [0.15, 0.2) is 0 Å². The van der Waals surface area contributed by atoms with Gasteiger partial charge in [0.2, 0.25) is 15.7 Å². The van der Waals surface area contributed by atoms with E-state index in [-0.39, 0.29) is 16.5 Å². The highest BCUT2D eigenvalue weighted by atomic mass is 35.5. The van der Waals surface area contributed by atoms with Gasteiger partial charge in [0.25, 0.3) is 0 Å². The van der Waals surface area contributed by atoms with Gasteiger partial charge < -0.3 is 4.42 Å². The van der Waals surface area contributed by atoms with Gasteiger partial charge in [-0.15, -0.1) is 5.10 Å². The van der Waals surface area contributed by atoms with Crippen molar-refractivity contribution in [2.24, 2.45) is 0 Å². The maximum atomic E-state index is 13.6. The molecule has 1 aromatic heterocycles. The average Bonchev–Trinajstić information content (AvgIpc) is 3.00. The smallest absolute Gasteiger partial charge is 0.336 e. The number of nitrogens with zero attached hydrogens (tertiary/aromatic N) is 2. The van der Waals surface area contributed by atoms with Crippen LogP contribution < -0.4 is 0 Å². The Balaban J connectivity index is 1.93. The molecule has 24 heavy (non-hydrogen) atoms. The topological polar surface area (TPSA) is 73.1 Å². The molecule has 0 radical (unpaired) electrons. The Kier molecular flexibility index (Phi) is 4.58. The molecule has 3 aromatic rings. The zero-order valence-electron chi connectivity index (χ0n) is 11.9. The van der Waals surface area contributed by atoms with Crippen molar-refractivity contribution >= 4 is 33.0 Å². The second-order valence-electron chi connectivity index (χ2n) is 4.85. The van der Waals surface area contributed by atoms with Gasteiger partial charge in [0.1, 0.15) is 5.82 Å². The monoisotopic (exact) mass is 386 g/mol. The van der Waals surface area contributed by atoms with E-state index in [2.05, 4.69) is 10.2 Å². The molecular formula is C15H9Cl2FN2O3S. The molecule has 0 saturated heterocycles. The molecule has 5 nitrogen and oxygen atoms in total. The molecular weight excluding hydrogens is 378 g/mol. The molecule has 0 aliphatic carbocycles. The van der Waals surface area contributed by atoms with Crippen molar-refractivity contribution in [2.75, 3.05) is 0 Å². The molecule has 3 rings (SSSR count). The molecule has 0 unspecified atom stereocenters. The van der Waals surface area contributed by atoms with Crippen LogP contribution in [0.5, 0.6) is 0 Å². The summed E-state index contributed by atoms with van der Waals surface area (Å²) >= 11 is 11.8. The first-order valence-corrected chi connectivity index (χ1v) is 9.03. The highest BCUT2D eigenvalue weighted by Crippen LogP contribution is 2.30. The Labute approximate surface area is 147 Å². The summed E-state index contributed by atoms with van der Waals surface area (Å²) in [5, 5.41) is 7.27. The van der Waals surface area contributed by atoms with Gasteiger partial charge in [-0.05, 0) is 24.3 Å². The molecule has 9 heteroatoms. The third kappa shape index (κ3) is 3.43. The Morgan fingerprint density at radius 2 is 1.83 bits per heavy atom. The standard InChI is InChI=1S/C15H9Cl2FN2O3S/c16-10-5-6-11(12(17)7-10)14-19-20-15(23-14)24(21,22)8-9-3-1-2-4-13(9)18/h1-7H,8H2. The van der Waals surface area contributed by atoms with E-state index in [0.29, 0.717) is 10.6 Å². The van der Waals surface area contributed by atoms with Crippen molar-refractivity contribution in [1.82, 2.24) is 10.2 Å². The van der Waals surface area contributed by atoms with E-state index in [1.54, 1.807) is 12.1 Å². The molecule has 0 atom stereocenters. The predicted octanol–water partition coefficient (Wildman–Crippen LogP) is 4.16. The lowest BCUT2D eigenvalue weighted by Gasteiger charge is -2.02. The first kappa shape index (κ1) is 16.9. The summed E-state index contributed by atoms with van der Waals surface area (Å²) in [6.45, 7) is 0. The fourth-order valence-electron chi connectivity index (χ4n) is 1.99. The highest BCUT2D eigenvalue weighted by Gasteiger charge is 2.25. The van der Waals surface area contributed by atoms with Crippen LogP contribution in [0.2, 0.25) is 10.0 Å². The molecule has 1 heterocycles. The molecule has 0 N–H and O–H groups in total. The first-order valence-electron chi connectivity index (χ1n) is 6.62. The van der Waals surface area contributed by atoms with Crippen molar-refractivity contribution in [1.29, 1.82) is 0 Å². The summed E-state index contributed by atoms with van der Waals surface area (Å²) in [5.41, 5.74) is 0.364. The lowest BCUT2D eigenvalue weighted by atomic mass is 10.2. The minimum atomic E-state index is -3.99. The molecule has 0 aliphatic heterocycles. The van der Waals surface area contributed by atoms with Crippen LogP contribution in [0, 0.1) is 5.82 Å². The predicted molar refractivity (Wildman–Crippen MR) is 87.0 cm³/mol. The van der Waals surface area contributed by atoms with Gasteiger partial charge in [0, 0.05) is 10.6 Å². The lowest BCUT2D eigenvalue weighted by Crippen LogP contribution is -2.06. The SMILES string of the molecule is O=S(=O)(Cc1ccccc1F)c1nnc(-c2ccc(Cl)cc2Cl)o1. The molecule has 0 amide bonds. The maximum Gasteiger partial charge on any atom is 0.336 e. The normalized spacial score (nSPS) is 11.6. The first-order chi connectivity index (χ1) is 11.4. The Morgan fingerprint density at radius 1 is 1.08 bits per heavy atom. The fraction of sp³-hybridized carbons (Fsp3) is 0.0667. The molecule has 0 aliphatic rings. The van der Waals surface area contributed by atoms with Crippen LogP contribution in [0.4, 0.5) is 4.39 Å². The number of benzene rings is 2. The fourth-order valence-corrected chi connectivity index (χ4v) is 3.62. The van der Waals surface area contributed by atoms with Crippen molar-refractivity contribution < 1.29 is 17.2 Å². The van der Waals surface area contributed by atoms with E-state index < -0.39 is 26.6 Å². The summed E-state index contributed by atoms with van der Waals surface area (Å²) in [6, 6.07) is 10.1. The van der Waals surface area contributed by atoms with Crippen LogP contribution >= 0.6 is 23.2 Å². The third-order valence-corrected chi connectivity index (χ3v) is 5.07. The molecule has 0 bridgehead atoms. The highest BCUT2D eigenvalue weighted by molar-refractivity contribution is 7.90. The number of halogens is 3. The molecule has 2 aromatic carbocycles. The molecule has 124 valence electrons. The number of aromatic nitrogens is 2. The third-order valence-electron chi connectivity index (χ3n) is 3.14. The lowest BCUT2D eigenvalue weighted by molar-refractivity contribution is 0.439. The minimum Gasteiger partial charge on any atom is -0.408 e. The van der Waals surface area contributed by atoms with Gasteiger partial charge in [-0.1, -0.05) is 46.5 Å². The number of hydrogen-bond acceptors (Lipinski definition) is 5. The van der Waals surface area contributed by atoms with Crippen LogP contribution in [0.1, 0.15) is 5.56 Å². The summed E-state index contributed by atoms with van der Waals surface area (Å²) < 4.78 is 43.5. The van der Waals surface area contributed by atoms with Crippen molar-refractivity contribution in [3.8, 4) is 11.5 Å². The van der Waals surface area contributed by atoms with Crippen molar-refractivity contribution in [3.05, 3.63) is 63.9 Å². The summed E-state index contributed by atoms with van der Waals surface area (Å²) in [6.07, 6.45) is 0. The number of hydrogen-bond donors (Lipinski definition) is 0. The zero-order chi connectivity index (χ0) is 17.3. The summed E-state index contributed by atoms with van der Waals surface area (Å²) in [7, 11) is -3.99. The quantitative estimate of drug-likeness (QED) is 0.672. The van der Waals surface area contributed by atoms with Gasteiger partial charge in [-0.25, -0.2) is 12.8 Å². The van der Waals surface area contributed by atoms with Crippen LogP contribution in [0.3, 0.4) is 0 Å². The van der Waals surface area contributed by atoms with Crippen molar-refractivity contribution in [3.63, 3.8) is 0 Å². The Hall–Kier alpha value is -1.96. The van der Waals surface area contributed by atoms with Crippen LogP contribution in [0.25, 0.3) is 11.5 Å². The van der Waals surface area contributed by atoms with Gasteiger partial charge in [0.05, 0.1) is 16.3 Å². The van der Waals surface area contributed by atoms with Crippen LogP contribution in [0.15, 0.2) is 52.1 Å². The van der Waals surface area contributed by atoms with Gasteiger partial charge >= 0.3 is 5.22 Å². The second-order valence-corrected chi connectivity index (χ2v) is 7.56. The second kappa shape index (κ2) is 6.51. The van der Waals surface area contributed by atoms with E-state index in [1.165, 1.54) is 30.3 Å². The largest absolute Gasteiger partial charge is 0.408 e. The molecule has 0 saturated carbocycles. The Bertz CT molecular complexity index is 1010. The molecule has 0 fully saturated rings. The molecule has 0 spiro atoms.